The maximum atomic E-state index is 12.5. The number of hydrogen-bond donors (Lipinski definition) is 0. The van der Waals surface area contributed by atoms with Gasteiger partial charge in [0, 0.05) is 38.7 Å². The minimum absolute atomic E-state index is 0.00988. The molecule has 1 aromatic carbocycles. The number of para-hydroxylation sites is 1. The van der Waals surface area contributed by atoms with Gasteiger partial charge in [0.15, 0.2) is 0 Å². The van der Waals surface area contributed by atoms with Gasteiger partial charge in [-0.15, -0.1) is 0 Å². The van der Waals surface area contributed by atoms with E-state index in [1.54, 1.807) is 11.8 Å². The van der Waals surface area contributed by atoms with Crippen molar-refractivity contribution in [1.29, 1.82) is 0 Å². The Morgan fingerprint density at radius 3 is 2.12 bits per heavy atom. The molecule has 1 aromatic rings. The minimum atomic E-state index is -0.00988. The van der Waals surface area contributed by atoms with E-state index >= 15 is 0 Å². The van der Waals surface area contributed by atoms with E-state index in [4.69, 9.17) is 0 Å². The Bertz CT molecular complexity index is 549. The lowest BCUT2D eigenvalue weighted by atomic mass is 10.0. The first-order valence-electron chi connectivity index (χ1n) is 9.10. The van der Waals surface area contributed by atoms with Gasteiger partial charge in [-0.25, -0.2) is 0 Å². The van der Waals surface area contributed by atoms with Crippen molar-refractivity contribution in [2.75, 3.05) is 24.5 Å². The predicted molar refractivity (Wildman–Crippen MR) is 100 cm³/mol. The van der Waals surface area contributed by atoms with Gasteiger partial charge in [0.25, 0.3) is 0 Å². The molecule has 0 saturated carbocycles. The number of hydrogen-bond acceptors (Lipinski definition) is 2. The number of nitrogens with zero attached hydrogens (tertiary/aromatic N) is 2. The first kappa shape index (κ1) is 20.2. The fraction of sp³-hybridized carbons (Fsp3) is 0.600. The van der Waals surface area contributed by atoms with Crippen LogP contribution in [0.5, 0.6) is 0 Å². The summed E-state index contributed by atoms with van der Waals surface area (Å²) >= 11 is 0. The second-order valence-electron chi connectivity index (χ2n) is 6.24. The van der Waals surface area contributed by atoms with Gasteiger partial charge >= 0.3 is 0 Å². The van der Waals surface area contributed by atoms with Gasteiger partial charge in [-0.2, -0.15) is 0 Å². The summed E-state index contributed by atoms with van der Waals surface area (Å²) in [7, 11) is 0. The molecule has 0 radical (unpaired) electrons. The summed E-state index contributed by atoms with van der Waals surface area (Å²) in [4.78, 5) is 28.4. The molecule has 0 aliphatic carbocycles. The third kappa shape index (κ3) is 5.36. The Labute approximate surface area is 146 Å². The van der Waals surface area contributed by atoms with E-state index in [2.05, 4.69) is 26.8 Å². The first-order chi connectivity index (χ1) is 11.5. The zero-order chi connectivity index (χ0) is 18.1. The second-order valence-corrected chi connectivity index (χ2v) is 6.24. The summed E-state index contributed by atoms with van der Waals surface area (Å²) in [6, 6.07) is 6.10. The van der Waals surface area contributed by atoms with E-state index in [-0.39, 0.29) is 11.8 Å². The number of carbonyl (C=O) groups excluding carboxylic acids is 2. The highest BCUT2D eigenvalue weighted by atomic mass is 16.2. The average Bonchev–Trinajstić information content (AvgIpc) is 2.55. The molecule has 2 amide bonds. The van der Waals surface area contributed by atoms with E-state index < -0.39 is 0 Å². The van der Waals surface area contributed by atoms with E-state index in [1.807, 2.05) is 24.0 Å². The van der Waals surface area contributed by atoms with Crippen LogP contribution in [0.2, 0.25) is 0 Å². The highest BCUT2D eigenvalue weighted by molar-refractivity contribution is 5.94. The van der Waals surface area contributed by atoms with Crippen LogP contribution in [0.25, 0.3) is 0 Å². The standard InChI is InChI=1S/C20H32N2O2/c1-6-13-21(14-7-2)19(24)12-15-22(17(5)23)20-16(4)10-9-11-18(20)8-3/h9-11H,6-8,12-15H2,1-5H3. The molecule has 134 valence electrons. The van der Waals surface area contributed by atoms with Gasteiger partial charge in [0.1, 0.15) is 0 Å². The third-order valence-corrected chi connectivity index (χ3v) is 4.24. The molecule has 0 N–H and O–H groups in total. The monoisotopic (exact) mass is 332 g/mol. The van der Waals surface area contributed by atoms with Gasteiger partial charge in [0.2, 0.25) is 11.8 Å². The maximum Gasteiger partial charge on any atom is 0.224 e. The van der Waals surface area contributed by atoms with Gasteiger partial charge in [0.05, 0.1) is 0 Å². The van der Waals surface area contributed by atoms with Crippen molar-refractivity contribution in [1.82, 2.24) is 4.90 Å². The lowest BCUT2D eigenvalue weighted by Crippen LogP contribution is -2.37. The van der Waals surface area contributed by atoms with E-state index in [9.17, 15) is 9.59 Å². The summed E-state index contributed by atoms with van der Waals surface area (Å²) in [6.07, 6.45) is 3.16. The number of anilines is 1. The summed E-state index contributed by atoms with van der Waals surface area (Å²) in [5.41, 5.74) is 3.20. The van der Waals surface area contributed by atoms with Crippen molar-refractivity contribution >= 4 is 17.5 Å². The average molecular weight is 332 g/mol. The molecule has 0 fully saturated rings. The van der Waals surface area contributed by atoms with Gasteiger partial charge in [-0.05, 0) is 37.3 Å². The van der Waals surface area contributed by atoms with Crippen molar-refractivity contribution < 1.29 is 9.59 Å². The van der Waals surface area contributed by atoms with Crippen molar-refractivity contribution in [2.45, 2.75) is 60.3 Å². The Morgan fingerprint density at radius 2 is 1.62 bits per heavy atom. The Morgan fingerprint density at radius 1 is 1.00 bits per heavy atom. The summed E-state index contributed by atoms with van der Waals surface area (Å²) in [6.45, 7) is 11.9. The SMILES string of the molecule is CCCN(CCC)C(=O)CCN(C(C)=O)c1c(C)cccc1CC. The van der Waals surface area contributed by atoms with Crippen molar-refractivity contribution in [3.8, 4) is 0 Å². The van der Waals surface area contributed by atoms with Gasteiger partial charge in [-0.3, -0.25) is 9.59 Å². The molecule has 24 heavy (non-hydrogen) atoms. The quantitative estimate of drug-likeness (QED) is 0.687. The molecule has 1 rings (SSSR count). The van der Waals surface area contributed by atoms with Crippen LogP contribution in [0, 0.1) is 6.92 Å². The Balaban J connectivity index is 2.92. The predicted octanol–water partition coefficient (Wildman–Crippen LogP) is 3.95. The van der Waals surface area contributed by atoms with Crippen molar-refractivity contribution in [2.24, 2.45) is 0 Å². The summed E-state index contributed by atoms with van der Waals surface area (Å²) in [5, 5.41) is 0. The lowest BCUT2D eigenvalue weighted by molar-refractivity contribution is -0.131. The van der Waals surface area contributed by atoms with Crippen LogP contribution in [-0.4, -0.2) is 36.3 Å². The molecule has 0 unspecified atom stereocenters. The molecular weight excluding hydrogens is 300 g/mol. The normalized spacial score (nSPS) is 10.5. The molecule has 0 aromatic heterocycles. The molecule has 0 bridgehead atoms. The molecule has 4 heteroatoms. The van der Waals surface area contributed by atoms with E-state index in [0.29, 0.717) is 13.0 Å². The Kier molecular flexibility index (Phi) is 8.51. The molecule has 0 heterocycles. The topological polar surface area (TPSA) is 40.6 Å². The zero-order valence-corrected chi connectivity index (χ0v) is 15.9. The number of rotatable bonds is 9. The fourth-order valence-corrected chi connectivity index (χ4v) is 3.08. The summed E-state index contributed by atoms with van der Waals surface area (Å²) in [5.74, 6) is 0.126. The van der Waals surface area contributed by atoms with Crippen LogP contribution in [-0.2, 0) is 16.0 Å². The molecule has 0 aliphatic heterocycles. The lowest BCUT2D eigenvalue weighted by Gasteiger charge is -2.27. The minimum Gasteiger partial charge on any atom is -0.343 e. The van der Waals surface area contributed by atoms with E-state index in [0.717, 1.165) is 49.2 Å². The smallest absolute Gasteiger partial charge is 0.224 e. The van der Waals surface area contributed by atoms with Gasteiger partial charge in [-0.1, -0.05) is 39.0 Å². The van der Waals surface area contributed by atoms with Gasteiger partial charge < -0.3 is 9.80 Å². The highest BCUT2D eigenvalue weighted by Gasteiger charge is 2.20. The molecular formula is C20H32N2O2. The summed E-state index contributed by atoms with van der Waals surface area (Å²) < 4.78 is 0. The molecule has 4 nitrogen and oxygen atoms in total. The molecule has 0 saturated heterocycles. The molecule has 0 spiro atoms. The van der Waals surface area contributed by atoms with E-state index in [1.165, 1.54) is 0 Å². The van der Waals surface area contributed by atoms with Crippen LogP contribution in [0.15, 0.2) is 18.2 Å². The first-order valence-corrected chi connectivity index (χ1v) is 9.10. The Hall–Kier alpha value is -1.84. The van der Waals surface area contributed by atoms with Crippen LogP contribution in [0.1, 0.15) is 58.1 Å². The fourth-order valence-electron chi connectivity index (χ4n) is 3.08. The second kappa shape index (κ2) is 10.1. The molecule has 0 atom stereocenters. The number of carbonyl (C=O) groups is 2. The number of benzene rings is 1. The van der Waals surface area contributed by atoms with Crippen LogP contribution < -0.4 is 4.90 Å². The third-order valence-electron chi connectivity index (χ3n) is 4.24. The van der Waals surface area contributed by atoms with Crippen LogP contribution >= 0.6 is 0 Å². The maximum absolute atomic E-state index is 12.5. The zero-order valence-electron chi connectivity index (χ0n) is 15.9. The largest absolute Gasteiger partial charge is 0.343 e. The van der Waals surface area contributed by atoms with Crippen molar-refractivity contribution in [3.05, 3.63) is 29.3 Å². The molecule has 0 aliphatic rings. The highest BCUT2D eigenvalue weighted by Crippen LogP contribution is 2.26. The number of amides is 2. The van der Waals surface area contributed by atoms with Crippen LogP contribution in [0.3, 0.4) is 0 Å². The van der Waals surface area contributed by atoms with Crippen LogP contribution in [0.4, 0.5) is 5.69 Å². The number of aryl methyl sites for hydroxylation is 2. The van der Waals surface area contributed by atoms with Crippen molar-refractivity contribution in [3.63, 3.8) is 0 Å².